The number of thiophene rings is 1. The van der Waals surface area contributed by atoms with Crippen LogP contribution in [0.15, 0.2) is 156 Å². The van der Waals surface area contributed by atoms with E-state index in [-0.39, 0.29) is 0 Å². The molecule has 3 heterocycles. The van der Waals surface area contributed by atoms with Crippen molar-refractivity contribution >= 4 is 64.2 Å². The summed E-state index contributed by atoms with van der Waals surface area (Å²) in [4.78, 5) is 15.1. The highest BCUT2D eigenvalue weighted by atomic mass is 32.1. The fraction of sp³-hybridized carbons (Fsp3) is 0. The molecule has 3 aromatic heterocycles. The summed E-state index contributed by atoms with van der Waals surface area (Å²) in [7, 11) is 0. The van der Waals surface area contributed by atoms with Gasteiger partial charge >= 0.3 is 0 Å². The Morgan fingerprint density at radius 2 is 1.04 bits per heavy atom. The first-order chi connectivity index (χ1) is 23.8. The number of fused-ring (bicyclic) bond motifs is 8. The lowest BCUT2D eigenvalue weighted by Crippen LogP contribution is -2.00. The van der Waals surface area contributed by atoms with Crippen LogP contribution in [0.1, 0.15) is 0 Å². The summed E-state index contributed by atoms with van der Waals surface area (Å²) in [5.41, 5.74) is 6.66. The minimum Gasteiger partial charge on any atom is -0.456 e. The van der Waals surface area contributed by atoms with Crippen molar-refractivity contribution in [2.75, 3.05) is 0 Å². The van der Waals surface area contributed by atoms with Crippen LogP contribution in [0.3, 0.4) is 0 Å². The third-order valence-corrected chi connectivity index (χ3v) is 10.3. The lowest BCUT2D eigenvalue weighted by molar-refractivity contribution is 0.669. The Labute approximate surface area is 279 Å². The normalized spacial score (nSPS) is 11.8. The van der Waals surface area contributed by atoms with E-state index in [2.05, 4.69) is 91.0 Å². The van der Waals surface area contributed by atoms with Crippen LogP contribution in [0.25, 0.3) is 98.2 Å². The third kappa shape index (κ3) is 4.25. The van der Waals surface area contributed by atoms with Crippen LogP contribution in [-0.4, -0.2) is 15.0 Å². The number of rotatable bonds is 4. The number of aromatic nitrogens is 3. The van der Waals surface area contributed by atoms with Gasteiger partial charge in [0.25, 0.3) is 0 Å². The fourth-order valence-electron chi connectivity index (χ4n) is 6.91. The Bertz CT molecular complexity index is 2780. The fourth-order valence-corrected chi connectivity index (χ4v) is 8.14. The molecule has 0 N–H and O–H groups in total. The standard InChI is InChI=1S/C43H25N3OS/c1-3-13-27(14-4-1)41-44-42(28-15-5-2-6-16-28)46-43(45-41)29-24-34(33-20-11-19-32-31-18-9-10-21-37(31)48-40(32)33)39-36(25-29)47-35-23-22-26-12-7-8-17-30(26)38(35)39/h1-25H. The molecule has 48 heavy (non-hydrogen) atoms. The molecule has 7 aromatic carbocycles. The molecule has 0 saturated carbocycles. The van der Waals surface area contributed by atoms with Gasteiger partial charge in [-0.2, -0.15) is 0 Å². The monoisotopic (exact) mass is 631 g/mol. The Kier molecular flexibility index (Phi) is 6.01. The van der Waals surface area contributed by atoms with Crippen molar-refractivity contribution in [3.05, 3.63) is 152 Å². The topological polar surface area (TPSA) is 51.8 Å². The minimum absolute atomic E-state index is 0.597. The van der Waals surface area contributed by atoms with E-state index in [0.29, 0.717) is 17.5 Å². The van der Waals surface area contributed by atoms with E-state index in [9.17, 15) is 0 Å². The molecule has 10 rings (SSSR count). The SMILES string of the molecule is c1ccc(-c2nc(-c3ccccc3)nc(-c3cc(-c4cccc5c4sc4ccccc45)c4c(c3)oc3ccc5ccccc5c34)n2)cc1. The Morgan fingerprint density at radius 1 is 0.417 bits per heavy atom. The van der Waals surface area contributed by atoms with Crippen LogP contribution in [-0.2, 0) is 0 Å². The first kappa shape index (κ1) is 27.0. The number of nitrogens with zero attached hydrogens (tertiary/aromatic N) is 3. The zero-order valence-electron chi connectivity index (χ0n) is 25.6. The van der Waals surface area contributed by atoms with Crippen LogP contribution in [0.5, 0.6) is 0 Å². The van der Waals surface area contributed by atoms with Crippen LogP contribution in [0, 0.1) is 0 Å². The first-order valence-corrected chi connectivity index (χ1v) is 16.8. The van der Waals surface area contributed by atoms with Gasteiger partial charge in [-0.05, 0) is 40.6 Å². The van der Waals surface area contributed by atoms with E-state index in [1.165, 1.54) is 30.9 Å². The summed E-state index contributed by atoms with van der Waals surface area (Å²) in [6.07, 6.45) is 0. The molecule has 0 radical (unpaired) electrons. The maximum Gasteiger partial charge on any atom is 0.164 e. The summed E-state index contributed by atoms with van der Waals surface area (Å²) < 4.78 is 9.24. The van der Waals surface area contributed by atoms with Crippen molar-refractivity contribution in [1.82, 2.24) is 15.0 Å². The van der Waals surface area contributed by atoms with Crippen molar-refractivity contribution in [1.29, 1.82) is 0 Å². The van der Waals surface area contributed by atoms with Gasteiger partial charge in [0.05, 0.1) is 0 Å². The van der Waals surface area contributed by atoms with E-state index in [1.54, 1.807) is 0 Å². The maximum atomic E-state index is 6.72. The molecule has 0 unspecified atom stereocenters. The molecule has 0 aliphatic heterocycles. The maximum absolute atomic E-state index is 6.72. The molecule has 0 saturated heterocycles. The molecule has 0 spiro atoms. The van der Waals surface area contributed by atoms with Gasteiger partial charge < -0.3 is 4.42 Å². The molecule has 0 bridgehead atoms. The molecule has 0 aliphatic carbocycles. The van der Waals surface area contributed by atoms with E-state index in [1.807, 2.05) is 72.0 Å². The van der Waals surface area contributed by atoms with Crippen LogP contribution < -0.4 is 0 Å². The molecule has 224 valence electrons. The number of furan rings is 1. The highest BCUT2D eigenvalue weighted by Crippen LogP contribution is 2.46. The van der Waals surface area contributed by atoms with Crippen molar-refractivity contribution in [3.8, 4) is 45.3 Å². The molecule has 0 amide bonds. The van der Waals surface area contributed by atoms with Gasteiger partial charge in [-0.15, -0.1) is 11.3 Å². The number of hydrogen-bond donors (Lipinski definition) is 0. The predicted octanol–water partition coefficient (Wildman–Crippen LogP) is 12.0. The summed E-state index contributed by atoms with van der Waals surface area (Å²) in [5.74, 6) is 1.85. The Hall–Kier alpha value is -6.17. The van der Waals surface area contributed by atoms with Gasteiger partial charge in [-0.1, -0.05) is 127 Å². The molecular weight excluding hydrogens is 607 g/mol. The molecule has 10 aromatic rings. The van der Waals surface area contributed by atoms with Crippen LogP contribution in [0.4, 0.5) is 0 Å². The second kappa shape index (κ2) is 10.7. The van der Waals surface area contributed by atoms with Gasteiger partial charge in [0.2, 0.25) is 0 Å². The third-order valence-electron chi connectivity index (χ3n) is 9.11. The highest BCUT2D eigenvalue weighted by molar-refractivity contribution is 7.26. The van der Waals surface area contributed by atoms with Crippen molar-refractivity contribution in [3.63, 3.8) is 0 Å². The molecule has 4 nitrogen and oxygen atoms in total. The zero-order valence-corrected chi connectivity index (χ0v) is 26.4. The largest absolute Gasteiger partial charge is 0.456 e. The molecule has 0 aliphatic rings. The quantitative estimate of drug-likeness (QED) is 0.194. The van der Waals surface area contributed by atoms with Gasteiger partial charge in [-0.25, -0.2) is 15.0 Å². The molecule has 0 fully saturated rings. The van der Waals surface area contributed by atoms with Crippen molar-refractivity contribution in [2.24, 2.45) is 0 Å². The lowest BCUT2D eigenvalue weighted by Gasteiger charge is -2.11. The van der Waals surface area contributed by atoms with Crippen molar-refractivity contribution < 1.29 is 4.42 Å². The summed E-state index contributed by atoms with van der Waals surface area (Å²) in [5, 5.41) is 7.09. The smallest absolute Gasteiger partial charge is 0.164 e. The lowest BCUT2D eigenvalue weighted by atomic mass is 9.94. The molecular formula is C43H25N3OS. The van der Waals surface area contributed by atoms with Crippen LogP contribution in [0.2, 0.25) is 0 Å². The summed E-state index contributed by atoms with van der Waals surface area (Å²) in [6.45, 7) is 0. The van der Waals surface area contributed by atoms with Crippen LogP contribution >= 0.6 is 11.3 Å². The van der Waals surface area contributed by atoms with Gasteiger partial charge in [0.15, 0.2) is 17.5 Å². The van der Waals surface area contributed by atoms with Crippen molar-refractivity contribution in [2.45, 2.75) is 0 Å². The Balaban J connectivity index is 1.32. The first-order valence-electron chi connectivity index (χ1n) is 15.9. The van der Waals surface area contributed by atoms with E-state index < -0.39 is 0 Å². The average molecular weight is 632 g/mol. The zero-order chi connectivity index (χ0) is 31.6. The second-order valence-electron chi connectivity index (χ2n) is 12.0. The van der Waals surface area contributed by atoms with E-state index >= 15 is 0 Å². The number of benzene rings is 7. The number of hydrogen-bond acceptors (Lipinski definition) is 5. The second-order valence-corrected chi connectivity index (χ2v) is 13.0. The Morgan fingerprint density at radius 3 is 1.79 bits per heavy atom. The predicted molar refractivity (Wildman–Crippen MR) is 199 cm³/mol. The molecule has 0 atom stereocenters. The average Bonchev–Trinajstić information content (AvgIpc) is 3.74. The van der Waals surface area contributed by atoms with Gasteiger partial charge in [-0.3, -0.25) is 0 Å². The molecule has 5 heteroatoms. The van der Waals surface area contributed by atoms with Gasteiger partial charge in [0.1, 0.15) is 11.2 Å². The summed E-state index contributed by atoms with van der Waals surface area (Å²) in [6, 6.07) is 52.6. The van der Waals surface area contributed by atoms with E-state index in [0.717, 1.165) is 49.8 Å². The summed E-state index contributed by atoms with van der Waals surface area (Å²) >= 11 is 1.83. The minimum atomic E-state index is 0.597. The highest BCUT2D eigenvalue weighted by Gasteiger charge is 2.21. The van der Waals surface area contributed by atoms with Gasteiger partial charge in [0, 0.05) is 53.2 Å². The van der Waals surface area contributed by atoms with E-state index in [4.69, 9.17) is 19.4 Å².